The van der Waals surface area contributed by atoms with Gasteiger partial charge >= 0.3 is 0 Å². The van der Waals surface area contributed by atoms with Crippen LogP contribution in [0.2, 0.25) is 5.02 Å². The molecule has 0 aliphatic carbocycles. The lowest BCUT2D eigenvalue weighted by Crippen LogP contribution is -2.07. The highest BCUT2D eigenvalue weighted by atomic mass is 79.9. The normalized spacial score (nSPS) is 10.6. The fourth-order valence-corrected chi connectivity index (χ4v) is 1.99. The van der Waals surface area contributed by atoms with E-state index in [2.05, 4.69) is 15.9 Å². The Balaban J connectivity index is 2.53. The van der Waals surface area contributed by atoms with Crippen LogP contribution >= 0.6 is 27.5 Å². The molecule has 0 radical (unpaired) electrons. The van der Waals surface area contributed by atoms with Crippen molar-refractivity contribution in [2.24, 2.45) is 0 Å². The first-order valence-electron chi connectivity index (χ1n) is 5.05. The molecule has 1 nitrogen and oxygen atoms in total. The summed E-state index contributed by atoms with van der Waals surface area (Å²) in [5, 5.41) is -0.270. The van der Waals surface area contributed by atoms with Crippen molar-refractivity contribution in [3.63, 3.8) is 0 Å². The Hall–Kier alpha value is -1.33. The van der Waals surface area contributed by atoms with Crippen LogP contribution in [0.3, 0.4) is 0 Å². The molecule has 98 valence electrons. The van der Waals surface area contributed by atoms with Gasteiger partial charge in [-0.15, -0.1) is 0 Å². The molecule has 0 amide bonds. The third-order valence-electron chi connectivity index (χ3n) is 2.46. The van der Waals surface area contributed by atoms with Crippen molar-refractivity contribution < 1.29 is 18.0 Å². The summed E-state index contributed by atoms with van der Waals surface area (Å²) in [6.07, 6.45) is 0. The van der Waals surface area contributed by atoms with Crippen molar-refractivity contribution in [1.29, 1.82) is 0 Å². The lowest BCUT2D eigenvalue weighted by atomic mass is 10.0. The topological polar surface area (TPSA) is 17.1 Å². The average Bonchev–Trinajstić information content (AvgIpc) is 2.35. The van der Waals surface area contributed by atoms with Gasteiger partial charge in [0.1, 0.15) is 11.6 Å². The van der Waals surface area contributed by atoms with Gasteiger partial charge in [-0.05, 0) is 40.2 Å². The Kier molecular flexibility index (Phi) is 3.96. The zero-order valence-corrected chi connectivity index (χ0v) is 11.5. The fraction of sp³-hybridized carbons (Fsp3) is 0. The monoisotopic (exact) mass is 348 g/mol. The first-order chi connectivity index (χ1) is 8.91. The van der Waals surface area contributed by atoms with E-state index >= 15 is 0 Å². The maximum atomic E-state index is 13.8. The van der Waals surface area contributed by atoms with Gasteiger partial charge in [0.05, 0.1) is 16.1 Å². The summed E-state index contributed by atoms with van der Waals surface area (Å²) in [6, 6.07) is 5.00. The van der Waals surface area contributed by atoms with E-state index in [4.69, 9.17) is 11.6 Å². The van der Waals surface area contributed by atoms with Crippen LogP contribution in [0, 0.1) is 17.5 Å². The van der Waals surface area contributed by atoms with E-state index in [0.29, 0.717) is 6.07 Å². The number of carbonyl (C=O) groups is 1. The number of ketones is 1. The maximum Gasteiger partial charge on any atom is 0.198 e. The van der Waals surface area contributed by atoms with Crippen LogP contribution in [0.5, 0.6) is 0 Å². The molecule has 0 fully saturated rings. The largest absolute Gasteiger partial charge is 0.288 e. The predicted octanol–water partition coefficient (Wildman–Crippen LogP) is 4.75. The average molecular weight is 350 g/mol. The first kappa shape index (κ1) is 14.1. The van der Waals surface area contributed by atoms with Crippen molar-refractivity contribution in [1.82, 2.24) is 0 Å². The maximum absolute atomic E-state index is 13.8. The van der Waals surface area contributed by atoms with Crippen molar-refractivity contribution in [2.75, 3.05) is 0 Å². The summed E-state index contributed by atoms with van der Waals surface area (Å²) in [5.74, 6) is -3.72. The minimum atomic E-state index is -1.05. The van der Waals surface area contributed by atoms with E-state index in [1.807, 2.05) is 0 Å². The summed E-state index contributed by atoms with van der Waals surface area (Å²) in [6.45, 7) is 0. The lowest BCUT2D eigenvalue weighted by Gasteiger charge is -2.06. The highest BCUT2D eigenvalue weighted by Crippen LogP contribution is 2.29. The van der Waals surface area contributed by atoms with E-state index in [0.717, 1.165) is 12.1 Å². The van der Waals surface area contributed by atoms with Crippen molar-refractivity contribution in [2.45, 2.75) is 0 Å². The Morgan fingerprint density at radius 2 is 1.68 bits per heavy atom. The van der Waals surface area contributed by atoms with E-state index in [9.17, 15) is 18.0 Å². The molecule has 19 heavy (non-hydrogen) atoms. The summed E-state index contributed by atoms with van der Waals surface area (Å²) in [4.78, 5) is 12.0. The van der Waals surface area contributed by atoms with Gasteiger partial charge in [0.25, 0.3) is 0 Å². The standard InChI is InChI=1S/C13H5BrClF3O/c14-9-4-3-8(12(18)11(9)15)13(19)7-2-1-6(16)5-10(7)17/h1-5H. The molecule has 0 aromatic heterocycles. The van der Waals surface area contributed by atoms with Gasteiger partial charge in [0.2, 0.25) is 0 Å². The number of hydrogen-bond acceptors (Lipinski definition) is 1. The quantitative estimate of drug-likeness (QED) is 0.565. The van der Waals surface area contributed by atoms with Gasteiger partial charge in [-0.25, -0.2) is 13.2 Å². The zero-order valence-electron chi connectivity index (χ0n) is 9.18. The Morgan fingerprint density at radius 1 is 1.05 bits per heavy atom. The van der Waals surface area contributed by atoms with Gasteiger partial charge < -0.3 is 0 Å². The third-order valence-corrected chi connectivity index (χ3v) is 3.71. The zero-order chi connectivity index (χ0) is 14.2. The van der Waals surface area contributed by atoms with Gasteiger partial charge in [0, 0.05) is 10.5 Å². The number of halogens is 5. The molecule has 0 saturated heterocycles. The van der Waals surface area contributed by atoms with E-state index in [1.165, 1.54) is 12.1 Å². The molecule has 0 heterocycles. The highest BCUT2D eigenvalue weighted by molar-refractivity contribution is 9.10. The molecule has 0 N–H and O–H groups in total. The molecule has 0 unspecified atom stereocenters. The Bertz CT molecular complexity index is 673. The van der Waals surface area contributed by atoms with Crippen LogP contribution < -0.4 is 0 Å². The molecule has 0 aliphatic rings. The Labute approximate surface area is 120 Å². The second-order valence-electron chi connectivity index (χ2n) is 3.68. The fourth-order valence-electron chi connectivity index (χ4n) is 1.52. The molecule has 6 heteroatoms. The molecule has 2 aromatic rings. The predicted molar refractivity (Wildman–Crippen MR) is 68.9 cm³/mol. The molecule has 0 atom stereocenters. The van der Waals surface area contributed by atoms with E-state index in [-0.39, 0.29) is 15.1 Å². The lowest BCUT2D eigenvalue weighted by molar-refractivity contribution is 0.103. The smallest absolute Gasteiger partial charge is 0.198 e. The number of rotatable bonds is 2. The number of benzene rings is 2. The second-order valence-corrected chi connectivity index (χ2v) is 4.91. The van der Waals surface area contributed by atoms with Crippen LogP contribution in [0.15, 0.2) is 34.8 Å². The molecular formula is C13H5BrClF3O. The van der Waals surface area contributed by atoms with E-state index < -0.39 is 28.8 Å². The van der Waals surface area contributed by atoms with Crippen LogP contribution in [-0.4, -0.2) is 5.78 Å². The summed E-state index contributed by atoms with van der Waals surface area (Å²) < 4.78 is 40.3. The minimum absolute atomic E-state index is 0.270. The summed E-state index contributed by atoms with van der Waals surface area (Å²) in [5.41, 5.74) is -0.794. The van der Waals surface area contributed by atoms with Crippen LogP contribution in [-0.2, 0) is 0 Å². The van der Waals surface area contributed by atoms with Crippen LogP contribution in [0.1, 0.15) is 15.9 Å². The Morgan fingerprint density at radius 3 is 2.32 bits per heavy atom. The van der Waals surface area contributed by atoms with Crippen LogP contribution in [0.4, 0.5) is 13.2 Å². The molecular weight excluding hydrogens is 344 g/mol. The van der Waals surface area contributed by atoms with E-state index in [1.54, 1.807) is 0 Å². The van der Waals surface area contributed by atoms with Gasteiger partial charge in [-0.1, -0.05) is 11.6 Å². The van der Waals surface area contributed by atoms with Gasteiger partial charge in [0.15, 0.2) is 11.6 Å². The molecule has 0 spiro atoms. The summed E-state index contributed by atoms with van der Waals surface area (Å²) >= 11 is 8.65. The van der Waals surface area contributed by atoms with Crippen molar-refractivity contribution >= 4 is 33.3 Å². The second kappa shape index (κ2) is 5.35. The van der Waals surface area contributed by atoms with Gasteiger partial charge in [-0.3, -0.25) is 4.79 Å². The van der Waals surface area contributed by atoms with Crippen molar-refractivity contribution in [3.05, 3.63) is 68.4 Å². The van der Waals surface area contributed by atoms with Crippen LogP contribution in [0.25, 0.3) is 0 Å². The molecule has 0 bridgehead atoms. The van der Waals surface area contributed by atoms with Crippen molar-refractivity contribution in [3.8, 4) is 0 Å². The molecule has 2 aromatic carbocycles. The molecule has 0 aliphatic heterocycles. The number of carbonyl (C=O) groups excluding carboxylic acids is 1. The SMILES string of the molecule is O=C(c1ccc(F)cc1F)c1ccc(Br)c(Cl)c1F. The van der Waals surface area contributed by atoms with Gasteiger partial charge in [-0.2, -0.15) is 0 Å². The minimum Gasteiger partial charge on any atom is -0.288 e. The first-order valence-corrected chi connectivity index (χ1v) is 6.22. The third kappa shape index (κ3) is 2.67. The molecule has 2 rings (SSSR count). The molecule has 0 saturated carbocycles. The summed E-state index contributed by atoms with van der Waals surface area (Å²) in [7, 11) is 0. The number of hydrogen-bond donors (Lipinski definition) is 0. The highest BCUT2D eigenvalue weighted by Gasteiger charge is 2.20.